The van der Waals surface area contributed by atoms with Gasteiger partial charge >= 0.3 is 5.97 Å². The smallest absolute Gasteiger partial charge is 0.307 e. The van der Waals surface area contributed by atoms with Gasteiger partial charge in [0.05, 0.1) is 13.0 Å². The second kappa shape index (κ2) is 10.5. The number of rotatable bonds is 8. The van der Waals surface area contributed by atoms with Gasteiger partial charge in [0.1, 0.15) is 0 Å². The van der Waals surface area contributed by atoms with Gasteiger partial charge in [-0.15, -0.1) is 0 Å². The van der Waals surface area contributed by atoms with Gasteiger partial charge in [-0.25, -0.2) is 0 Å². The molecule has 5 rings (SSSR count). The zero-order valence-electron chi connectivity index (χ0n) is 20.6. The summed E-state index contributed by atoms with van der Waals surface area (Å²) in [6, 6.07) is 14.7. The highest BCUT2D eigenvalue weighted by Gasteiger charge is 2.20. The molecule has 2 heterocycles. The monoisotopic (exact) mass is 471 g/mol. The van der Waals surface area contributed by atoms with Gasteiger partial charge in [0.2, 0.25) is 5.82 Å². The molecule has 2 aromatic heterocycles. The molecule has 0 radical (unpaired) electrons. The van der Waals surface area contributed by atoms with Crippen LogP contribution in [-0.4, -0.2) is 27.3 Å². The van der Waals surface area contributed by atoms with Crippen molar-refractivity contribution >= 4 is 16.9 Å². The van der Waals surface area contributed by atoms with Crippen LogP contribution in [-0.2, 0) is 22.5 Å². The summed E-state index contributed by atoms with van der Waals surface area (Å²) in [6.07, 6.45) is 9.94. The number of benzene rings is 2. The number of hydrogen-bond acceptors (Lipinski definition) is 5. The van der Waals surface area contributed by atoms with E-state index >= 15 is 0 Å². The van der Waals surface area contributed by atoms with Crippen molar-refractivity contribution in [1.82, 2.24) is 14.7 Å². The molecule has 0 bridgehead atoms. The first kappa shape index (κ1) is 23.3. The van der Waals surface area contributed by atoms with Crippen LogP contribution in [0.25, 0.3) is 33.7 Å². The predicted molar refractivity (Wildman–Crippen MR) is 137 cm³/mol. The fourth-order valence-electron chi connectivity index (χ4n) is 5.37. The number of aromatic nitrogens is 3. The number of carbonyl (C=O) groups excluding carboxylic acids is 1. The number of fused-ring (bicyclic) bond motifs is 1. The van der Waals surface area contributed by atoms with E-state index in [1.807, 2.05) is 37.4 Å². The Labute approximate surface area is 206 Å². The Morgan fingerprint density at radius 1 is 1.11 bits per heavy atom. The maximum atomic E-state index is 11.8. The van der Waals surface area contributed by atoms with E-state index in [0.29, 0.717) is 37.2 Å². The van der Waals surface area contributed by atoms with E-state index in [1.54, 1.807) is 0 Å². The molecular weight excluding hydrogens is 438 g/mol. The minimum absolute atomic E-state index is 0.186. The third-order valence-electron chi connectivity index (χ3n) is 7.16. The van der Waals surface area contributed by atoms with Crippen molar-refractivity contribution in [3.8, 4) is 22.8 Å². The number of ether oxygens (including phenoxy) is 1. The maximum absolute atomic E-state index is 11.8. The number of carbonyl (C=O) groups is 1. The fraction of sp³-hybridized carbons (Fsp3) is 0.414. The fourth-order valence-corrected chi connectivity index (χ4v) is 5.37. The Bertz CT molecular complexity index is 1310. The maximum Gasteiger partial charge on any atom is 0.307 e. The molecule has 0 amide bonds. The molecular formula is C29H33N3O3. The van der Waals surface area contributed by atoms with Gasteiger partial charge in [0, 0.05) is 34.8 Å². The molecule has 6 heteroatoms. The average Bonchev–Trinajstić information content (AvgIpc) is 3.55. The van der Waals surface area contributed by atoms with E-state index in [0.717, 1.165) is 28.5 Å². The van der Waals surface area contributed by atoms with Gasteiger partial charge in [0.25, 0.3) is 5.89 Å². The molecule has 1 fully saturated rings. The van der Waals surface area contributed by atoms with Crippen molar-refractivity contribution in [2.24, 2.45) is 0 Å². The minimum atomic E-state index is -0.186. The van der Waals surface area contributed by atoms with Gasteiger partial charge < -0.3 is 13.8 Å². The van der Waals surface area contributed by atoms with Crippen LogP contribution in [0.1, 0.15) is 69.4 Å². The number of esters is 1. The molecule has 35 heavy (non-hydrogen) atoms. The highest BCUT2D eigenvalue weighted by molar-refractivity contribution is 5.94. The first-order chi connectivity index (χ1) is 17.2. The third kappa shape index (κ3) is 4.88. The molecule has 0 saturated heterocycles. The summed E-state index contributed by atoms with van der Waals surface area (Å²) in [4.78, 5) is 16.6. The van der Waals surface area contributed by atoms with E-state index in [9.17, 15) is 4.79 Å². The van der Waals surface area contributed by atoms with Gasteiger partial charge in [-0.05, 0) is 67.5 Å². The van der Waals surface area contributed by atoms with Gasteiger partial charge in [-0.2, -0.15) is 4.98 Å². The van der Waals surface area contributed by atoms with Crippen LogP contribution in [0.4, 0.5) is 0 Å². The van der Waals surface area contributed by atoms with Crippen molar-refractivity contribution in [2.75, 3.05) is 6.61 Å². The molecule has 4 aromatic rings. The molecule has 0 spiro atoms. The SMILES string of the molecule is CCOC(=O)CCn1ccc2c(-c3noc(-c4ccc(C5CCCCC5)c(CC)c4)n3)cccc21. The summed E-state index contributed by atoms with van der Waals surface area (Å²) in [5.41, 5.74) is 5.80. The largest absolute Gasteiger partial charge is 0.466 e. The molecule has 182 valence electrons. The summed E-state index contributed by atoms with van der Waals surface area (Å²) < 4.78 is 12.8. The van der Waals surface area contributed by atoms with Crippen LogP contribution in [0.3, 0.4) is 0 Å². The molecule has 1 aliphatic carbocycles. The van der Waals surface area contributed by atoms with Gasteiger partial charge in [0.15, 0.2) is 0 Å². The lowest BCUT2D eigenvalue weighted by molar-refractivity contribution is -0.143. The van der Waals surface area contributed by atoms with Crippen LogP contribution < -0.4 is 0 Å². The number of hydrogen-bond donors (Lipinski definition) is 0. The van der Waals surface area contributed by atoms with Crippen LogP contribution >= 0.6 is 0 Å². The minimum Gasteiger partial charge on any atom is -0.466 e. The van der Waals surface area contributed by atoms with Crippen molar-refractivity contribution in [1.29, 1.82) is 0 Å². The Kier molecular flexibility index (Phi) is 6.98. The zero-order chi connectivity index (χ0) is 24.2. The highest BCUT2D eigenvalue weighted by atomic mass is 16.5. The van der Waals surface area contributed by atoms with E-state index in [-0.39, 0.29) is 5.97 Å². The highest BCUT2D eigenvalue weighted by Crippen LogP contribution is 2.36. The molecule has 0 atom stereocenters. The van der Waals surface area contributed by atoms with Crippen molar-refractivity contribution in [3.63, 3.8) is 0 Å². The summed E-state index contributed by atoms with van der Waals surface area (Å²) >= 11 is 0. The third-order valence-corrected chi connectivity index (χ3v) is 7.16. The molecule has 6 nitrogen and oxygen atoms in total. The Morgan fingerprint density at radius 3 is 2.77 bits per heavy atom. The average molecular weight is 472 g/mol. The molecule has 1 saturated carbocycles. The zero-order valence-corrected chi connectivity index (χ0v) is 20.6. The standard InChI is InChI=1S/C29H33N3O3/c1-3-20-19-22(13-14-23(20)21-9-6-5-7-10-21)29-30-28(31-35-29)25-11-8-12-26-24(25)15-17-32(26)18-16-27(33)34-4-2/h8,11-15,17,19,21H,3-7,9-10,16,18H2,1-2H3. The second-order valence-electron chi connectivity index (χ2n) is 9.33. The summed E-state index contributed by atoms with van der Waals surface area (Å²) in [5.74, 6) is 1.61. The van der Waals surface area contributed by atoms with Crippen LogP contribution in [0.5, 0.6) is 0 Å². The normalized spacial score (nSPS) is 14.5. The molecule has 0 aliphatic heterocycles. The first-order valence-corrected chi connectivity index (χ1v) is 12.9. The van der Waals surface area contributed by atoms with Crippen LogP contribution in [0.15, 0.2) is 53.2 Å². The lowest BCUT2D eigenvalue weighted by Crippen LogP contribution is -2.08. The van der Waals surface area contributed by atoms with Crippen molar-refractivity contribution in [3.05, 3.63) is 59.8 Å². The van der Waals surface area contributed by atoms with E-state index in [1.165, 1.54) is 43.2 Å². The van der Waals surface area contributed by atoms with Gasteiger partial charge in [-0.1, -0.05) is 49.5 Å². The Balaban J connectivity index is 1.40. The summed E-state index contributed by atoms with van der Waals surface area (Å²) in [7, 11) is 0. The van der Waals surface area contributed by atoms with Crippen LogP contribution in [0, 0.1) is 0 Å². The molecule has 0 N–H and O–H groups in total. The van der Waals surface area contributed by atoms with E-state index in [4.69, 9.17) is 14.2 Å². The number of aryl methyl sites for hydroxylation is 2. The van der Waals surface area contributed by atoms with Crippen molar-refractivity contribution < 1.29 is 14.1 Å². The quantitative estimate of drug-likeness (QED) is 0.261. The summed E-state index contributed by atoms with van der Waals surface area (Å²) in [6.45, 7) is 5.01. The lowest BCUT2D eigenvalue weighted by Gasteiger charge is -2.24. The number of nitrogens with zero attached hydrogens (tertiary/aromatic N) is 3. The molecule has 0 unspecified atom stereocenters. The first-order valence-electron chi connectivity index (χ1n) is 12.9. The summed E-state index contributed by atoms with van der Waals surface area (Å²) in [5, 5.41) is 5.35. The van der Waals surface area contributed by atoms with Crippen molar-refractivity contribution in [2.45, 2.75) is 71.3 Å². The van der Waals surface area contributed by atoms with E-state index in [2.05, 4.69) is 34.8 Å². The molecule has 1 aliphatic rings. The van der Waals surface area contributed by atoms with Crippen LogP contribution in [0.2, 0.25) is 0 Å². The van der Waals surface area contributed by atoms with E-state index < -0.39 is 0 Å². The molecule has 2 aromatic carbocycles. The Morgan fingerprint density at radius 2 is 1.97 bits per heavy atom. The van der Waals surface area contributed by atoms with Gasteiger partial charge in [-0.3, -0.25) is 4.79 Å². The lowest BCUT2D eigenvalue weighted by atomic mass is 9.81. The second-order valence-corrected chi connectivity index (χ2v) is 9.33. The Hall–Kier alpha value is -3.41. The topological polar surface area (TPSA) is 70.2 Å². The predicted octanol–water partition coefficient (Wildman–Crippen LogP) is 6.92.